The predicted octanol–water partition coefficient (Wildman–Crippen LogP) is 3.40. The summed E-state index contributed by atoms with van der Waals surface area (Å²) in [6.07, 6.45) is 2.79. The number of furan rings is 1. The monoisotopic (exact) mass is 285 g/mol. The predicted molar refractivity (Wildman–Crippen MR) is 80.7 cm³/mol. The van der Waals surface area contributed by atoms with Crippen molar-refractivity contribution in [2.45, 2.75) is 26.2 Å². The van der Waals surface area contributed by atoms with Crippen LogP contribution < -0.4 is 5.73 Å². The van der Waals surface area contributed by atoms with E-state index in [9.17, 15) is 0 Å². The van der Waals surface area contributed by atoms with Gasteiger partial charge in [-0.1, -0.05) is 30.3 Å². The van der Waals surface area contributed by atoms with Crippen LogP contribution in [0.25, 0.3) is 22.6 Å². The van der Waals surface area contributed by atoms with E-state index < -0.39 is 0 Å². The van der Waals surface area contributed by atoms with E-state index in [0.717, 1.165) is 36.8 Å². The van der Waals surface area contributed by atoms with E-state index in [2.05, 4.69) is 17.1 Å². The number of fused-ring (bicyclic) bond motifs is 1. The average Bonchev–Trinajstić information content (AvgIpc) is 3.11. The zero-order valence-corrected chi connectivity index (χ0v) is 12.1. The van der Waals surface area contributed by atoms with Crippen molar-refractivity contribution in [1.29, 1.82) is 0 Å². The first-order chi connectivity index (χ1) is 10.3. The molecule has 1 unspecified atom stereocenters. The number of para-hydroxylation sites is 1. The van der Waals surface area contributed by atoms with E-state index in [1.54, 1.807) is 0 Å². The molecular formula is C16H19N3O2. The molecule has 0 radical (unpaired) electrons. The van der Waals surface area contributed by atoms with Gasteiger partial charge in [0.1, 0.15) is 5.58 Å². The van der Waals surface area contributed by atoms with Crippen LogP contribution >= 0.6 is 0 Å². The normalized spacial score (nSPS) is 12.9. The summed E-state index contributed by atoms with van der Waals surface area (Å²) in [6, 6.07) is 9.77. The Bertz CT molecular complexity index is 684. The molecule has 2 aromatic heterocycles. The van der Waals surface area contributed by atoms with E-state index >= 15 is 0 Å². The van der Waals surface area contributed by atoms with Gasteiger partial charge >= 0.3 is 0 Å². The van der Waals surface area contributed by atoms with Crippen LogP contribution in [0.2, 0.25) is 0 Å². The van der Waals surface area contributed by atoms with Crippen LogP contribution in [0.3, 0.4) is 0 Å². The highest BCUT2D eigenvalue weighted by atomic mass is 16.5. The Balaban J connectivity index is 1.72. The molecule has 0 aliphatic rings. The molecule has 21 heavy (non-hydrogen) atoms. The van der Waals surface area contributed by atoms with Crippen molar-refractivity contribution in [3.05, 3.63) is 36.2 Å². The maximum atomic E-state index is 5.73. The Hall–Kier alpha value is -2.14. The van der Waals surface area contributed by atoms with Crippen molar-refractivity contribution in [2.75, 3.05) is 6.54 Å². The summed E-state index contributed by atoms with van der Waals surface area (Å²) < 4.78 is 11.0. The lowest BCUT2D eigenvalue weighted by molar-refractivity contribution is 0.362. The molecule has 0 saturated carbocycles. The van der Waals surface area contributed by atoms with Crippen LogP contribution in [0.1, 0.15) is 25.7 Å². The summed E-state index contributed by atoms with van der Waals surface area (Å²) in [5, 5.41) is 5.04. The largest absolute Gasteiger partial charge is 0.453 e. The number of benzene rings is 1. The Labute approximate surface area is 123 Å². The maximum absolute atomic E-state index is 5.73. The molecule has 5 heteroatoms. The van der Waals surface area contributed by atoms with Gasteiger partial charge in [0.05, 0.1) is 0 Å². The van der Waals surface area contributed by atoms with E-state index in [0.29, 0.717) is 23.4 Å². The van der Waals surface area contributed by atoms with Crippen molar-refractivity contribution < 1.29 is 8.94 Å². The van der Waals surface area contributed by atoms with Crippen LogP contribution in [-0.4, -0.2) is 16.7 Å². The third kappa shape index (κ3) is 3.13. The smallest absolute Gasteiger partial charge is 0.238 e. The fraction of sp³-hybridized carbons (Fsp3) is 0.375. The minimum absolute atomic E-state index is 0.507. The summed E-state index contributed by atoms with van der Waals surface area (Å²) in [6.45, 7) is 2.90. The average molecular weight is 285 g/mol. The van der Waals surface area contributed by atoms with Crippen LogP contribution in [0.15, 0.2) is 39.3 Å². The van der Waals surface area contributed by atoms with E-state index in [4.69, 9.17) is 14.7 Å². The number of aryl methyl sites for hydroxylation is 1. The van der Waals surface area contributed by atoms with Crippen LogP contribution in [0.5, 0.6) is 0 Å². The molecule has 0 spiro atoms. The molecule has 0 bridgehead atoms. The zero-order chi connectivity index (χ0) is 14.7. The molecule has 0 fully saturated rings. The molecule has 1 atom stereocenters. The highest BCUT2D eigenvalue weighted by Crippen LogP contribution is 2.26. The van der Waals surface area contributed by atoms with E-state index in [1.807, 2.05) is 30.3 Å². The minimum Gasteiger partial charge on any atom is -0.453 e. The van der Waals surface area contributed by atoms with Gasteiger partial charge in [0, 0.05) is 11.8 Å². The molecule has 0 aliphatic carbocycles. The summed E-state index contributed by atoms with van der Waals surface area (Å²) >= 11 is 0. The SMILES string of the molecule is CC(CCN)CCc1nc(-c2cc3ccccc3o2)no1. The number of hydrogen-bond donors (Lipinski definition) is 1. The third-order valence-electron chi connectivity index (χ3n) is 3.62. The second kappa shape index (κ2) is 6.10. The molecule has 5 nitrogen and oxygen atoms in total. The van der Waals surface area contributed by atoms with Gasteiger partial charge in [-0.05, 0) is 37.4 Å². The maximum Gasteiger partial charge on any atom is 0.238 e. The molecule has 3 rings (SSSR count). The first-order valence-electron chi connectivity index (χ1n) is 7.28. The minimum atomic E-state index is 0.507. The van der Waals surface area contributed by atoms with Gasteiger partial charge in [0.2, 0.25) is 11.7 Å². The number of rotatable bonds is 6. The van der Waals surface area contributed by atoms with Crippen LogP contribution in [-0.2, 0) is 6.42 Å². The Morgan fingerprint density at radius 3 is 2.90 bits per heavy atom. The van der Waals surface area contributed by atoms with Gasteiger partial charge in [-0.2, -0.15) is 4.98 Å². The lowest BCUT2D eigenvalue weighted by Gasteiger charge is -2.06. The highest BCUT2D eigenvalue weighted by Gasteiger charge is 2.14. The third-order valence-corrected chi connectivity index (χ3v) is 3.62. The molecule has 0 saturated heterocycles. The van der Waals surface area contributed by atoms with Gasteiger partial charge in [-0.25, -0.2) is 0 Å². The van der Waals surface area contributed by atoms with Gasteiger partial charge in [-0.3, -0.25) is 0 Å². The number of nitrogens with two attached hydrogens (primary N) is 1. The Morgan fingerprint density at radius 2 is 2.10 bits per heavy atom. The number of nitrogens with zero attached hydrogens (tertiary/aromatic N) is 2. The molecule has 3 aromatic rings. The van der Waals surface area contributed by atoms with Gasteiger partial charge in [0.15, 0.2) is 5.76 Å². The first-order valence-corrected chi connectivity index (χ1v) is 7.28. The quantitative estimate of drug-likeness (QED) is 0.751. The fourth-order valence-electron chi connectivity index (χ4n) is 2.35. The summed E-state index contributed by atoms with van der Waals surface area (Å²) in [7, 11) is 0. The van der Waals surface area contributed by atoms with Crippen molar-refractivity contribution in [2.24, 2.45) is 11.7 Å². The van der Waals surface area contributed by atoms with Gasteiger partial charge in [0.25, 0.3) is 0 Å². The summed E-state index contributed by atoms with van der Waals surface area (Å²) in [5.74, 6) is 2.36. The second-order valence-corrected chi connectivity index (χ2v) is 5.38. The Morgan fingerprint density at radius 1 is 1.24 bits per heavy atom. The summed E-state index contributed by atoms with van der Waals surface area (Å²) in [4.78, 5) is 4.41. The molecule has 2 heterocycles. The number of hydrogen-bond acceptors (Lipinski definition) is 5. The molecule has 110 valence electrons. The topological polar surface area (TPSA) is 78.1 Å². The lowest BCUT2D eigenvalue weighted by Crippen LogP contribution is -2.06. The summed E-state index contributed by atoms with van der Waals surface area (Å²) in [5.41, 5.74) is 6.38. The Kier molecular flexibility index (Phi) is 4.01. The standard InChI is InChI=1S/C16H19N3O2/c1-11(8-9-17)6-7-15-18-16(19-21-15)14-10-12-4-2-3-5-13(12)20-14/h2-5,10-11H,6-9,17H2,1H3. The zero-order valence-electron chi connectivity index (χ0n) is 12.1. The molecule has 0 amide bonds. The van der Waals surface area contributed by atoms with Crippen molar-refractivity contribution >= 4 is 11.0 Å². The van der Waals surface area contributed by atoms with E-state index in [-0.39, 0.29) is 0 Å². The molecular weight excluding hydrogens is 266 g/mol. The highest BCUT2D eigenvalue weighted by molar-refractivity contribution is 5.81. The van der Waals surface area contributed by atoms with Crippen molar-refractivity contribution in [3.8, 4) is 11.6 Å². The van der Waals surface area contributed by atoms with Crippen molar-refractivity contribution in [3.63, 3.8) is 0 Å². The van der Waals surface area contributed by atoms with Crippen molar-refractivity contribution in [1.82, 2.24) is 10.1 Å². The molecule has 1 aromatic carbocycles. The van der Waals surface area contributed by atoms with Gasteiger partial charge in [-0.15, -0.1) is 0 Å². The van der Waals surface area contributed by atoms with Crippen LogP contribution in [0, 0.1) is 5.92 Å². The first kappa shape index (κ1) is 13.8. The van der Waals surface area contributed by atoms with Crippen LogP contribution in [0.4, 0.5) is 0 Å². The lowest BCUT2D eigenvalue weighted by atomic mass is 10.0. The molecule has 0 aliphatic heterocycles. The number of aromatic nitrogens is 2. The molecule has 2 N–H and O–H groups in total. The second-order valence-electron chi connectivity index (χ2n) is 5.38. The van der Waals surface area contributed by atoms with Gasteiger partial charge < -0.3 is 14.7 Å². The fourth-order valence-corrected chi connectivity index (χ4v) is 2.35. The van der Waals surface area contributed by atoms with E-state index in [1.165, 1.54) is 0 Å².